The predicted molar refractivity (Wildman–Crippen MR) is 124 cm³/mol. The van der Waals surface area contributed by atoms with Crippen molar-refractivity contribution in [2.24, 2.45) is 10.1 Å². The minimum Gasteiger partial charge on any atom is -0.490 e. The SMILES string of the molecule is CCC1=NN2C(=N)C(=Cc3cccc(OCCOc4ccc(C)cc4)c3)C(=O)N=C2S1. The standard InChI is InChI=1S/C23H22N4O3S/c1-3-20-26-27-21(24)19(22(28)25-23(27)31-20)14-16-5-4-6-18(13-16)30-12-11-29-17-9-7-15(2)8-10-17/h4-10,13-14,24H,3,11-12H2,1-2H3. The van der Waals surface area contributed by atoms with Crippen LogP contribution in [-0.2, 0) is 4.79 Å². The summed E-state index contributed by atoms with van der Waals surface area (Å²) in [6.07, 6.45) is 2.37. The molecule has 0 saturated heterocycles. The van der Waals surface area contributed by atoms with Crippen LogP contribution in [0, 0.1) is 12.3 Å². The van der Waals surface area contributed by atoms with Crippen LogP contribution in [0.3, 0.4) is 0 Å². The van der Waals surface area contributed by atoms with Gasteiger partial charge in [0.1, 0.15) is 29.8 Å². The fourth-order valence-electron chi connectivity index (χ4n) is 2.99. The zero-order chi connectivity index (χ0) is 21.8. The van der Waals surface area contributed by atoms with Gasteiger partial charge in [-0.3, -0.25) is 10.2 Å². The van der Waals surface area contributed by atoms with E-state index in [9.17, 15) is 4.79 Å². The molecule has 7 nitrogen and oxygen atoms in total. The van der Waals surface area contributed by atoms with Crippen LogP contribution in [0.2, 0.25) is 0 Å². The predicted octanol–water partition coefficient (Wildman–Crippen LogP) is 4.48. The molecular weight excluding hydrogens is 412 g/mol. The van der Waals surface area contributed by atoms with Gasteiger partial charge in [-0.05, 0) is 61.0 Å². The Hall–Kier alpha value is -3.39. The van der Waals surface area contributed by atoms with Crippen molar-refractivity contribution in [3.05, 3.63) is 65.2 Å². The Kier molecular flexibility index (Phi) is 6.18. The minimum absolute atomic E-state index is 0.0313. The maximum atomic E-state index is 12.5. The number of carbonyl (C=O) groups excluding carboxylic acids is 1. The second-order valence-corrected chi connectivity index (χ2v) is 7.99. The van der Waals surface area contributed by atoms with E-state index in [0.717, 1.165) is 22.8 Å². The number of carbonyl (C=O) groups is 1. The third-order valence-corrected chi connectivity index (χ3v) is 5.66. The normalized spacial score (nSPS) is 16.8. The number of nitrogens with one attached hydrogen (secondary N) is 1. The highest BCUT2D eigenvalue weighted by Crippen LogP contribution is 2.29. The van der Waals surface area contributed by atoms with Crippen LogP contribution in [0.25, 0.3) is 6.08 Å². The van der Waals surface area contributed by atoms with Crippen molar-refractivity contribution in [3.8, 4) is 11.5 Å². The van der Waals surface area contributed by atoms with Crippen LogP contribution in [0.1, 0.15) is 24.5 Å². The van der Waals surface area contributed by atoms with Gasteiger partial charge in [0.05, 0.1) is 5.57 Å². The molecule has 2 aliphatic rings. The first-order chi connectivity index (χ1) is 15.0. The van der Waals surface area contributed by atoms with Gasteiger partial charge in [-0.2, -0.15) is 15.1 Å². The molecule has 2 aromatic rings. The molecule has 0 radical (unpaired) electrons. The first-order valence-electron chi connectivity index (χ1n) is 9.95. The molecule has 1 amide bonds. The zero-order valence-electron chi connectivity index (χ0n) is 17.3. The lowest BCUT2D eigenvalue weighted by Crippen LogP contribution is -2.35. The number of aliphatic imine (C=N–C) groups is 1. The van der Waals surface area contributed by atoms with Gasteiger partial charge in [-0.25, -0.2) is 0 Å². The van der Waals surface area contributed by atoms with Gasteiger partial charge in [0, 0.05) is 0 Å². The first-order valence-corrected chi connectivity index (χ1v) is 10.8. The fraction of sp³-hybridized carbons (Fsp3) is 0.217. The third-order valence-electron chi connectivity index (χ3n) is 4.61. The number of amides is 1. The number of fused-ring (bicyclic) bond motifs is 1. The number of rotatable bonds is 7. The number of hydrazone groups is 1. The van der Waals surface area contributed by atoms with Crippen molar-refractivity contribution >= 4 is 39.8 Å². The van der Waals surface area contributed by atoms with Gasteiger partial charge in [0.15, 0.2) is 5.84 Å². The van der Waals surface area contributed by atoms with Crippen molar-refractivity contribution in [2.45, 2.75) is 20.3 Å². The van der Waals surface area contributed by atoms with E-state index in [1.165, 1.54) is 22.3 Å². The molecule has 4 rings (SSSR count). The van der Waals surface area contributed by atoms with Crippen LogP contribution in [0.5, 0.6) is 11.5 Å². The topological polar surface area (TPSA) is 87.3 Å². The molecular formula is C23H22N4O3S. The molecule has 0 bridgehead atoms. The van der Waals surface area contributed by atoms with Crippen LogP contribution in [0.4, 0.5) is 0 Å². The summed E-state index contributed by atoms with van der Waals surface area (Å²) in [5, 5.41) is 15.4. The van der Waals surface area contributed by atoms with Gasteiger partial charge in [-0.1, -0.05) is 36.8 Å². The summed E-state index contributed by atoms with van der Waals surface area (Å²) in [5.41, 5.74) is 2.13. The molecule has 0 fully saturated rings. The number of nitrogens with zero attached hydrogens (tertiary/aromatic N) is 3. The highest BCUT2D eigenvalue weighted by molar-refractivity contribution is 8.26. The molecule has 2 heterocycles. The van der Waals surface area contributed by atoms with E-state index >= 15 is 0 Å². The van der Waals surface area contributed by atoms with E-state index in [0.29, 0.717) is 24.1 Å². The van der Waals surface area contributed by atoms with Gasteiger partial charge < -0.3 is 9.47 Å². The summed E-state index contributed by atoms with van der Waals surface area (Å²) in [5.74, 6) is 1.05. The Morgan fingerprint density at radius 3 is 2.58 bits per heavy atom. The van der Waals surface area contributed by atoms with E-state index in [-0.39, 0.29) is 11.4 Å². The molecule has 0 unspecified atom stereocenters. The lowest BCUT2D eigenvalue weighted by Gasteiger charge is -2.20. The number of aryl methyl sites for hydroxylation is 1. The van der Waals surface area contributed by atoms with E-state index in [4.69, 9.17) is 14.9 Å². The average Bonchev–Trinajstić information content (AvgIpc) is 3.19. The molecule has 1 N–H and O–H groups in total. The number of benzene rings is 2. The van der Waals surface area contributed by atoms with Gasteiger partial charge in [0.2, 0.25) is 5.17 Å². The van der Waals surface area contributed by atoms with Crippen LogP contribution in [0.15, 0.2) is 64.2 Å². The number of ether oxygens (including phenoxy) is 2. The highest BCUT2D eigenvalue weighted by Gasteiger charge is 2.35. The molecule has 0 aliphatic carbocycles. The fourth-order valence-corrected chi connectivity index (χ4v) is 3.81. The van der Waals surface area contributed by atoms with Gasteiger partial charge in [-0.15, -0.1) is 0 Å². The number of amidine groups is 2. The van der Waals surface area contributed by atoms with E-state index < -0.39 is 5.91 Å². The molecule has 0 aromatic heterocycles. The molecule has 2 aliphatic heterocycles. The Bertz CT molecular complexity index is 1110. The van der Waals surface area contributed by atoms with Crippen LogP contribution < -0.4 is 9.47 Å². The Balaban J connectivity index is 1.40. The Morgan fingerprint density at radius 1 is 1.10 bits per heavy atom. The van der Waals surface area contributed by atoms with Gasteiger partial charge in [0.25, 0.3) is 5.91 Å². The molecule has 158 valence electrons. The number of hydrogen-bond donors (Lipinski definition) is 1. The monoisotopic (exact) mass is 434 g/mol. The molecule has 0 saturated carbocycles. The molecule has 0 atom stereocenters. The summed E-state index contributed by atoms with van der Waals surface area (Å²) in [6, 6.07) is 15.2. The number of thioether (sulfide) groups is 1. The second-order valence-electron chi connectivity index (χ2n) is 6.95. The quantitative estimate of drug-likeness (QED) is 0.513. The van der Waals surface area contributed by atoms with E-state index in [1.807, 2.05) is 62.4 Å². The highest BCUT2D eigenvalue weighted by atomic mass is 32.2. The summed E-state index contributed by atoms with van der Waals surface area (Å²) < 4.78 is 11.5. The van der Waals surface area contributed by atoms with E-state index in [2.05, 4.69) is 10.1 Å². The largest absolute Gasteiger partial charge is 0.490 e. The van der Waals surface area contributed by atoms with Gasteiger partial charge >= 0.3 is 0 Å². The van der Waals surface area contributed by atoms with Crippen molar-refractivity contribution < 1.29 is 14.3 Å². The third kappa shape index (κ3) is 4.86. The molecule has 8 heteroatoms. The molecule has 0 spiro atoms. The number of hydrogen-bond acceptors (Lipinski definition) is 6. The van der Waals surface area contributed by atoms with Crippen molar-refractivity contribution in [3.63, 3.8) is 0 Å². The lowest BCUT2D eigenvalue weighted by atomic mass is 10.1. The summed E-state index contributed by atoms with van der Waals surface area (Å²) in [7, 11) is 0. The van der Waals surface area contributed by atoms with Crippen molar-refractivity contribution in [2.75, 3.05) is 13.2 Å². The second kappa shape index (κ2) is 9.18. The van der Waals surface area contributed by atoms with Crippen LogP contribution >= 0.6 is 11.8 Å². The minimum atomic E-state index is -0.436. The average molecular weight is 435 g/mol. The molecule has 2 aromatic carbocycles. The van der Waals surface area contributed by atoms with Crippen molar-refractivity contribution in [1.82, 2.24) is 5.01 Å². The molecule has 31 heavy (non-hydrogen) atoms. The summed E-state index contributed by atoms with van der Waals surface area (Å²) in [4.78, 5) is 16.5. The van der Waals surface area contributed by atoms with Crippen molar-refractivity contribution in [1.29, 1.82) is 5.41 Å². The Morgan fingerprint density at radius 2 is 1.84 bits per heavy atom. The maximum Gasteiger partial charge on any atom is 0.283 e. The summed E-state index contributed by atoms with van der Waals surface area (Å²) >= 11 is 1.33. The Labute approximate surface area is 185 Å². The zero-order valence-corrected chi connectivity index (χ0v) is 18.1. The summed E-state index contributed by atoms with van der Waals surface area (Å²) in [6.45, 7) is 4.81. The lowest BCUT2D eigenvalue weighted by molar-refractivity contribution is -0.114. The smallest absolute Gasteiger partial charge is 0.283 e. The maximum absolute atomic E-state index is 12.5. The first kappa shape index (κ1) is 20.9. The van der Waals surface area contributed by atoms with Crippen LogP contribution in [-0.4, -0.2) is 40.2 Å². The van der Waals surface area contributed by atoms with E-state index in [1.54, 1.807) is 6.08 Å².